The molecule has 1 aliphatic rings. The predicted molar refractivity (Wildman–Crippen MR) is 99.2 cm³/mol. The number of rotatable bonds is 6. The van der Waals surface area contributed by atoms with Gasteiger partial charge in [0.15, 0.2) is 0 Å². The number of amides is 2. The monoisotopic (exact) mass is 353 g/mol. The van der Waals surface area contributed by atoms with Gasteiger partial charge in [-0.15, -0.1) is 12.4 Å². The maximum absolute atomic E-state index is 12.2. The van der Waals surface area contributed by atoms with E-state index in [1.165, 1.54) is 0 Å². The highest BCUT2D eigenvalue weighted by atomic mass is 35.5. The summed E-state index contributed by atoms with van der Waals surface area (Å²) < 4.78 is 0. The molecule has 1 aromatic carbocycles. The largest absolute Gasteiger partial charge is 0.352 e. The SMILES string of the molecule is CCC(C)C(=O)Nc1cccc(CNC(=O)C2CCNCC2)c1.Cl. The zero-order valence-electron chi connectivity index (χ0n) is 14.4. The van der Waals surface area contributed by atoms with E-state index < -0.39 is 0 Å². The van der Waals surface area contributed by atoms with Gasteiger partial charge in [-0.05, 0) is 50.0 Å². The summed E-state index contributed by atoms with van der Waals surface area (Å²) in [7, 11) is 0. The normalized spacial score (nSPS) is 15.9. The maximum Gasteiger partial charge on any atom is 0.227 e. The van der Waals surface area contributed by atoms with Crippen molar-refractivity contribution < 1.29 is 9.59 Å². The Bertz CT molecular complexity index is 545. The van der Waals surface area contributed by atoms with Gasteiger partial charge in [0, 0.05) is 24.1 Å². The van der Waals surface area contributed by atoms with Crippen molar-refractivity contribution in [2.45, 2.75) is 39.7 Å². The minimum absolute atomic E-state index is 0. The van der Waals surface area contributed by atoms with Crippen molar-refractivity contribution in [1.29, 1.82) is 0 Å². The summed E-state index contributed by atoms with van der Waals surface area (Å²) in [5.74, 6) is 0.270. The smallest absolute Gasteiger partial charge is 0.227 e. The molecule has 1 aromatic rings. The fourth-order valence-corrected chi connectivity index (χ4v) is 2.63. The summed E-state index contributed by atoms with van der Waals surface area (Å²) in [6.07, 6.45) is 2.62. The molecule has 1 saturated heterocycles. The highest BCUT2D eigenvalue weighted by Crippen LogP contribution is 2.14. The molecule has 3 N–H and O–H groups in total. The number of carbonyl (C=O) groups excluding carboxylic acids is 2. The van der Waals surface area contributed by atoms with Crippen LogP contribution in [0.4, 0.5) is 5.69 Å². The number of anilines is 1. The molecule has 1 atom stereocenters. The number of hydrogen-bond donors (Lipinski definition) is 3. The molecule has 0 aromatic heterocycles. The fourth-order valence-electron chi connectivity index (χ4n) is 2.63. The third kappa shape index (κ3) is 6.13. The van der Waals surface area contributed by atoms with E-state index in [1.807, 2.05) is 38.1 Å². The molecule has 134 valence electrons. The molecule has 24 heavy (non-hydrogen) atoms. The number of halogens is 1. The lowest BCUT2D eigenvalue weighted by atomic mass is 9.97. The van der Waals surface area contributed by atoms with Crippen LogP contribution >= 0.6 is 12.4 Å². The van der Waals surface area contributed by atoms with Gasteiger partial charge in [-0.1, -0.05) is 26.0 Å². The van der Waals surface area contributed by atoms with Crippen molar-refractivity contribution in [2.24, 2.45) is 11.8 Å². The van der Waals surface area contributed by atoms with Crippen molar-refractivity contribution in [2.75, 3.05) is 18.4 Å². The Morgan fingerprint density at radius 3 is 2.67 bits per heavy atom. The van der Waals surface area contributed by atoms with E-state index in [0.717, 1.165) is 43.6 Å². The second kappa shape index (κ2) is 10.3. The molecule has 1 unspecified atom stereocenters. The molecule has 0 aliphatic carbocycles. The van der Waals surface area contributed by atoms with E-state index >= 15 is 0 Å². The number of nitrogens with one attached hydrogen (secondary N) is 3. The first-order valence-electron chi connectivity index (χ1n) is 8.48. The van der Waals surface area contributed by atoms with Gasteiger partial charge in [0.05, 0.1) is 0 Å². The molecule has 0 spiro atoms. The van der Waals surface area contributed by atoms with Crippen molar-refractivity contribution in [3.05, 3.63) is 29.8 Å². The van der Waals surface area contributed by atoms with Crippen LogP contribution < -0.4 is 16.0 Å². The standard InChI is InChI=1S/C18H27N3O2.ClH/c1-3-13(2)17(22)21-16-6-4-5-14(11-16)12-20-18(23)15-7-9-19-10-8-15;/h4-6,11,13,15,19H,3,7-10,12H2,1-2H3,(H,20,23)(H,21,22);1H. The zero-order chi connectivity index (χ0) is 16.7. The van der Waals surface area contributed by atoms with Gasteiger partial charge in [-0.2, -0.15) is 0 Å². The molecule has 0 bridgehead atoms. The first-order valence-corrected chi connectivity index (χ1v) is 8.48. The van der Waals surface area contributed by atoms with E-state index in [2.05, 4.69) is 16.0 Å². The molecular weight excluding hydrogens is 326 g/mol. The van der Waals surface area contributed by atoms with E-state index in [4.69, 9.17) is 0 Å². The van der Waals surface area contributed by atoms with Gasteiger partial charge in [-0.25, -0.2) is 0 Å². The van der Waals surface area contributed by atoms with Gasteiger partial charge in [0.2, 0.25) is 11.8 Å². The molecule has 0 saturated carbocycles. The van der Waals surface area contributed by atoms with Crippen molar-refractivity contribution in [3.63, 3.8) is 0 Å². The number of benzene rings is 1. The van der Waals surface area contributed by atoms with Gasteiger partial charge in [0.1, 0.15) is 0 Å². The van der Waals surface area contributed by atoms with Gasteiger partial charge >= 0.3 is 0 Å². The summed E-state index contributed by atoms with van der Waals surface area (Å²) in [4.78, 5) is 24.1. The van der Waals surface area contributed by atoms with Crippen LogP contribution in [0.5, 0.6) is 0 Å². The third-order valence-corrected chi connectivity index (χ3v) is 4.43. The summed E-state index contributed by atoms with van der Waals surface area (Å²) in [5.41, 5.74) is 1.78. The van der Waals surface area contributed by atoms with Crippen LogP contribution in [0.15, 0.2) is 24.3 Å². The molecule has 0 radical (unpaired) electrons. The Morgan fingerprint density at radius 2 is 2.00 bits per heavy atom. The third-order valence-electron chi connectivity index (χ3n) is 4.43. The van der Waals surface area contributed by atoms with Gasteiger partial charge in [0.25, 0.3) is 0 Å². The van der Waals surface area contributed by atoms with E-state index in [9.17, 15) is 9.59 Å². The summed E-state index contributed by atoms with van der Waals surface area (Å²) >= 11 is 0. The summed E-state index contributed by atoms with van der Waals surface area (Å²) in [5, 5.41) is 9.19. The first kappa shape index (κ1) is 20.5. The van der Waals surface area contributed by atoms with Crippen LogP contribution in [0.25, 0.3) is 0 Å². The lowest BCUT2D eigenvalue weighted by molar-refractivity contribution is -0.126. The quantitative estimate of drug-likeness (QED) is 0.736. The first-order chi connectivity index (χ1) is 11.1. The Kier molecular flexibility index (Phi) is 8.79. The average Bonchev–Trinajstić information content (AvgIpc) is 2.60. The Balaban J connectivity index is 0.00000288. The lowest BCUT2D eigenvalue weighted by Crippen LogP contribution is -2.37. The highest BCUT2D eigenvalue weighted by molar-refractivity contribution is 5.92. The van der Waals surface area contributed by atoms with Crippen LogP contribution in [0, 0.1) is 11.8 Å². The second-order valence-electron chi connectivity index (χ2n) is 6.24. The molecule has 2 amide bonds. The molecule has 1 fully saturated rings. The van der Waals surface area contributed by atoms with Crippen molar-refractivity contribution in [1.82, 2.24) is 10.6 Å². The molecular formula is C18H28ClN3O2. The van der Waals surface area contributed by atoms with E-state index in [-0.39, 0.29) is 36.1 Å². The lowest BCUT2D eigenvalue weighted by Gasteiger charge is -2.21. The Labute approximate surface area is 150 Å². The van der Waals surface area contributed by atoms with Crippen LogP contribution in [0.1, 0.15) is 38.7 Å². The second-order valence-corrected chi connectivity index (χ2v) is 6.24. The average molecular weight is 354 g/mol. The summed E-state index contributed by atoms with van der Waals surface area (Å²) in [6.45, 7) is 6.23. The minimum atomic E-state index is -0.00160. The number of carbonyl (C=O) groups is 2. The van der Waals surface area contributed by atoms with E-state index in [0.29, 0.717) is 6.54 Å². The summed E-state index contributed by atoms with van der Waals surface area (Å²) in [6, 6.07) is 7.65. The van der Waals surface area contributed by atoms with Gasteiger partial charge < -0.3 is 16.0 Å². The molecule has 6 heteroatoms. The van der Waals surface area contributed by atoms with Crippen LogP contribution in [-0.2, 0) is 16.1 Å². The molecule has 1 aliphatic heterocycles. The van der Waals surface area contributed by atoms with E-state index in [1.54, 1.807) is 0 Å². The molecule has 1 heterocycles. The fraction of sp³-hybridized carbons (Fsp3) is 0.556. The molecule has 5 nitrogen and oxygen atoms in total. The van der Waals surface area contributed by atoms with Crippen LogP contribution in [-0.4, -0.2) is 24.9 Å². The minimum Gasteiger partial charge on any atom is -0.352 e. The highest BCUT2D eigenvalue weighted by Gasteiger charge is 2.20. The number of piperidine rings is 1. The Morgan fingerprint density at radius 1 is 1.29 bits per heavy atom. The molecule has 2 rings (SSSR count). The van der Waals surface area contributed by atoms with Crippen molar-refractivity contribution in [3.8, 4) is 0 Å². The van der Waals surface area contributed by atoms with Crippen LogP contribution in [0.3, 0.4) is 0 Å². The zero-order valence-corrected chi connectivity index (χ0v) is 15.2. The maximum atomic E-state index is 12.2. The van der Waals surface area contributed by atoms with Crippen molar-refractivity contribution >= 4 is 29.9 Å². The van der Waals surface area contributed by atoms with Crippen LogP contribution in [0.2, 0.25) is 0 Å². The van der Waals surface area contributed by atoms with Gasteiger partial charge in [-0.3, -0.25) is 9.59 Å². The predicted octanol–water partition coefficient (Wildman–Crippen LogP) is 2.71. The topological polar surface area (TPSA) is 70.2 Å². The Hall–Kier alpha value is -1.59. The number of hydrogen-bond acceptors (Lipinski definition) is 3.